The third-order valence-electron chi connectivity index (χ3n) is 4.29. The van der Waals surface area contributed by atoms with Crippen molar-refractivity contribution in [1.82, 2.24) is 16.0 Å². The first-order chi connectivity index (χ1) is 14.9. The zero-order chi connectivity index (χ0) is 24.8. The van der Waals surface area contributed by atoms with Crippen LogP contribution in [0.1, 0.15) is 45.4 Å². The molecular formula is C18H32N6O8. The Balaban J connectivity index is 5.43. The maximum absolute atomic E-state index is 12.6. The minimum absolute atomic E-state index is 0.0706. The zero-order valence-electron chi connectivity index (χ0n) is 17.8. The van der Waals surface area contributed by atoms with Crippen LogP contribution in [0.3, 0.4) is 0 Å². The Hall–Kier alpha value is -3.26. The van der Waals surface area contributed by atoms with Gasteiger partial charge in [0.2, 0.25) is 23.6 Å². The number of nitrogens with one attached hydrogen (secondary N) is 3. The Morgan fingerprint density at radius 2 is 1.34 bits per heavy atom. The molecule has 0 radical (unpaired) electrons. The van der Waals surface area contributed by atoms with Gasteiger partial charge in [-0.2, -0.15) is 0 Å². The Labute approximate surface area is 184 Å². The third-order valence-corrected chi connectivity index (χ3v) is 4.29. The molecule has 0 saturated carbocycles. The van der Waals surface area contributed by atoms with Crippen LogP contribution >= 0.6 is 0 Å². The molecular weight excluding hydrogens is 428 g/mol. The van der Waals surface area contributed by atoms with Gasteiger partial charge in [0.15, 0.2) is 0 Å². The van der Waals surface area contributed by atoms with Crippen molar-refractivity contribution in [3.8, 4) is 0 Å². The molecule has 0 saturated heterocycles. The van der Waals surface area contributed by atoms with E-state index in [4.69, 9.17) is 22.3 Å². The molecule has 0 aliphatic rings. The highest BCUT2D eigenvalue weighted by Gasteiger charge is 2.31. The second kappa shape index (κ2) is 14.7. The molecule has 0 aliphatic heterocycles. The van der Waals surface area contributed by atoms with Crippen molar-refractivity contribution in [2.75, 3.05) is 6.54 Å². The molecule has 4 atom stereocenters. The number of carboxylic acids is 2. The predicted molar refractivity (Wildman–Crippen MR) is 111 cm³/mol. The van der Waals surface area contributed by atoms with Crippen molar-refractivity contribution in [3.05, 3.63) is 0 Å². The van der Waals surface area contributed by atoms with Gasteiger partial charge >= 0.3 is 11.9 Å². The molecule has 0 spiro atoms. The van der Waals surface area contributed by atoms with E-state index in [1.807, 2.05) is 0 Å². The van der Waals surface area contributed by atoms with Gasteiger partial charge in [0, 0.05) is 6.42 Å². The summed E-state index contributed by atoms with van der Waals surface area (Å²) in [5.41, 5.74) is 15.9. The smallest absolute Gasteiger partial charge is 0.326 e. The molecule has 4 unspecified atom stereocenters. The number of rotatable bonds is 16. The van der Waals surface area contributed by atoms with Crippen molar-refractivity contribution in [1.29, 1.82) is 0 Å². The lowest BCUT2D eigenvalue weighted by atomic mass is 10.1. The fourth-order valence-corrected chi connectivity index (χ4v) is 2.55. The van der Waals surface area contributed by atoms with E-state index in [2.05, 4.69) is 16.0 Å². The third kappa shape index (κ3) is 11.8. The molecule has 32 heavy (non-hydrogen) atoms. The topological polar surface area (TPSA) is 257 Å². The second-order valence-electron chi connectivity index (χ2n) is 7.20. The summed E-state index contributed by atoms with van der Waals surface area (Å²) in [6.45, 7) is 1.69. The number of hydrogen-bond acceptors (Lipinski definition) is 8. The lowest BCUT2D eigenvalue weighted by molar-refractivity contribution is -0.142. The molecule has 11 N–H and O–H groups in total. The van der Waals surface area contributed by atoms with Crippen LogP contribution in [0.25, 0.3) is 0 Å². The maximum atomic E-state index is 12.6. The van der Waals surface area contributed by atoms with Crippen molar-refractivity contribution in [2.45, 2.75) is 69.6 Å². The quantitative estimate of drug-likeness (QED) is 0.107. The highest BCUT2D eigenvalue weighted by molar-refractivity contribution is 5.96. The molecule has 182 valence electrons. The van der Waals surface area contributed by atoms with E-state index in [1.54, 1.807) is 0 Å². The summed E-state index contributed by atoms with van der Waals surface area (Å²) in [7, 11) is 0. The van der Waals surface area contributed by atoms with Crippen LogP contribution < -0.4 is 33.2 Å². The fourth-order valence-electron chi connectivity index (χ4n) is 2.55. The number of nitrogens with two attached hydrogens (primary N) is 3. The SMILES string of the molecule is CC(N)C(=O)NC(CCC(=O)O)C(=O)NC(CC(N)=O)C(=O)NC(CCCCN)C(=O)O. The van der Waals surface area contributed by atoms with E-state index in [-0.39, 0.29) is 12.8 Å². The van der Waals surface area contributed by atoms with E-state index in [1.165, 1.54) is 6.92 Å². The zero-order valence-corrected chi connectivity index (χ0v) is 17.8. The average Bonchev–Trinajstić information content (AvgIpc) is 2.68. The molecule has 0 bridgehead atoms. The Kier molecular flexibility index (Phi) is 13.2. The molecule has 0 aromatic carbocycles. The van der Waals surface area contributed by atoms with Crippen molar-refractivity contribution >= 4 is 35.6 Å². The van der Waals surface area contributed by atoms with Crippen LogP contribution in [0.2, 0.25) is 0 Å². The molecule has 0 aliphatic carbocycles. The van der Waals surface area contributed by atoms with Gasteiger partial charge in [-0.15, -0.1) is 0 Å². The normalized spacial score (nSPS) is 14.3. The second-order valence-corrected chi connectivity index (χ2v) is 7.20. The lowest BCUT2D eigenvalue weighted by Crippen LogP contribution is -2.57. The molecule has 0 heterocycles. The first-order valence-corrected chi connectivity index (χ1v) is 9.98. The Morgan fingerprint density at radius 3 is 1.81 bits per heavy atom. The van der Waals surface area contributed by atoms with Crippen molar-refractivity contribution in [3.63, 3.8) is 0 Å². The summed E-state index contributed by atoms with van der Waals surface area (Å²) in [5.74, 6) is -6.18. The van der Waals surface area contributed by atoms with E-state index < -0.39 is 72.6 Å². The van der Waals surface area contributed by atoms with Gasteiger partial charge in [0.05, 0.1) is 12.5 Å². The molecule has 0 fully saturated rings. The fraction of sp³-hybridized carbons (Fsp3) is 0.667. The number of carboxylic acid groups (broad SMARTS) is 2. The van der Waals surface area contributed by atoms with Gasteiger partial charge in [-0.05, 0) is 39.2 Å². The number of aliphatic carboxylic acids is 2. The van der Waals surface area contributed by atoms with E-state index in [0.717, 1.165) is 0 Å². The number of amides is 4. The molecule has 0 rings (SSSR count). The van der Waals surface area contributed by atoms with E-state index in [9.17, 15) is 33.9 Å². The van der Waals surface area contributed by atoms with Gasteiger partial charge in [-0.1, -0.05) is 0 Å². The maximum Gasteiger partial charge on any atom is 0.326 e. The van der Waals surface area contributed by atoms with Crippen LogP contribution in [0.15, 0.2) is 0 Å². The standard InChI is InChI=1S/C18H32N6O8/c1-9(20)15(28)22-10(5-6-14(26)27)16(29)24-12(8-13(21)25)17(30)23-11(18(31)32)4-2-3-7-19/h9-12H,2-8,19-20H2,1H3,(H2,21,25)(H,22,28)(H,23,30)(H,24,29)(H,26,27)(H,31,32). The first kappa shape index (κ1) is 28.7. The number of carbonyl (C=O) groups is 6. The van der Waals surface area contributed by atoms with Gasteiger partial charge in [0.1, 0.15) is 18.1 Å². The van der Waals surface area contributed by atoms with Gasteiger partial charge in [-0.25, -0.2) is 4.79 Å². The van der Waals surface area contributed by atoms with Gasteiger partial charge in [-0.3, -0.25) is 24.0 Å². The summed E-state index contributed by atoms with van der Waals surface area (Å²) >= 11 is 0. The average molecular weight is 460 g/mol. The van der Waals surface area contributed by atoms with E-state index in [0.29, 0.717) is 19.4 Å². The molecule has 14 heteroatoms. The van der Waals surface area contributed by atoms with Crippen LogP contribution in [0.4, 0.5) is 0 Å². The van der Waals surface area contributed by atoms with Gasteiger partial charge < -0.3 is 43.4 Å². The predicted octanol–water partition coefficient (Wildman–Crippen LogP) is -3.26. The van der Waals surface area contributed by atoms with Crippen LogP contribution in [-0.4, -0.2) is 76.5 Å². The minimum Gasteiger partial charge on any atom is -0.481 e. The van der Waals surface area contributed by atoms with Crippen LogP contribution in [0.5, 0.6) is 0 Å². The highest BCUT2D eigenvalue weighted by Crippen LogP contribution is 2.05. The lowest BCUT2D eigenvalue weighted by Gasteiger charge is -2.24. The Bertz CT molecular complexity index is 699. The molecule has 14 nitrogen and oxygen atoms in total. The molecule has 0 aromatic rings. The summed E-state index contributed by atoms with van der Waals surface area (Å²) in [4.78, 5) is 70.7. The monoisotopic (exact) mass is 460 g/mol. The number of unbranched alkanes of at least 4 members (excludes halogenated alkanes) is 1. The summed E-state index contributed by atoms with van der Waals surface area (Å²) in [6, 6.07) is -5.20. The summed E-state index contributed by atoms with van der Waals surface area (Å²) in [6.07, 6.45) is -0.429. The summed E-state index contributed by atoms with van der Waals surface area (Å²) < 4.78 is 0. The summed E-state index contributed by atoms with van der Waals surface area (Å²) in [5, 5.41) is 24.9. The minimum atomic E-state index is -1.55. The molecule has 0 aromatic heterocycles. The number of hydrogen-bond donors (Lipinski definition) is 8. The first-order valence-electron chi connectivity index (χ1n) is 9.98. The van der Waals surface area contributed by atoms with Crippen LogP contribution in [-0.2, 0) is 28.8 Å². The van der Waals surface area contributed by atoms with Gasteiger partial charge in [0.25, 0.3) is 0 Å². The molecule has 4 amide bonds. The largest absolute Gasteiger partial charge is 0.481 e. The number of primary amides is 1. The highest BCUT2D eigenvalue weighted by atomic mass is 16.4. The van der Waals surface area contributed by atoms with Crippen molar-refractivity contribution < 1.29 is 39.0 Å². The Morgan fingerprint density at radius 1 is 0.812 bits per heavy atom. The van der Waals surface area contributed by atoms with E-state index >= 15 is 0 Å². The number of carbonyl (C=O) groups excluding carboxylic acids is 4. The van der Waals surface area contributed by atoms with Crippen molar-refractivity contribution in [2.24, 2.45) is 17.2 Å². The van der Waals surface area contributed by atoms with Crippen LogP contribution in [0, 0.1) is 0 Å².